The first kappa shape index (κ1) is 43.8. The van der Waals surface area contributed by atoms with Gasteiger partial charge in [0.15, 0.2) is 5.82 Å². The van der Waals surface area contributed by atoms with Crippen LogP contribution in [0.1, 0.15) is 77.6 Å². The van der Waals surface area contributed by atoms with Crippen molar-refractivity contribution in [3.63, 3.8) is 0 Å². The van der Waals surface area contributed by atoms with Crippen molar-refractivity contribution < 1.29 is 42.3 Å². The summed E-state index contributed by atoms with van der Waals surface area (Å²) >= 11 is 0. The maximum atomic E-state index is 15.1. The van der Waals surface area contributed by atoms with Gasteiger partial charge in [-0.15, -0.1) is 0 Å². The fraction of sp³-hybridized carbons (Fsp3) is 0.511. The molecule has 3 N–H and O–H groups in total. The van der Waals surface area contributed by atoms with E-state index in [1.807, 2.05) is 17.0 Å². The predicted octanol–water partition coefficient (Wildman–Crippen LogP) is 2.89. The van der Waals surface area contributed by atoms with Gasteiger partial charge in [-0.25, -0.2) is 4.98 Å². The minimum Gasteiger partial charge on any atom is -0.495 e. The predicted molar refractivity (Wildman–Crippen MR) is 234 cm³/mol. The zero-order valence-corrected chi connectivity index (χ0v) is 36.5. The fourth-order valence-electron chi connectivity index (χ4n) is 10.0. The Bertz CT molecular complexity index is 2400. The number of hydrogen-bond acceptors (Lipinski definition) is 13. The molecule has 20 heteroatoms. The second kappa shape index (κ2) is 17.9. The molecule has 3 saturated heterocycles. The Morgan fingerprint density at radius 3 is 2.40 bits per heavy atom. The molecular formula is C45H53F2N11O7. The van der Waals surface area contributed by atoms with Crippen LogP contribution in [-0.4, -0.2) is 151 Å². The van der Waals surface area contributed by atoms with Crippen molar-refractivity contribution in [3.8, 4) is 5.75 Å². The lowest BCUT2D eigenvalue weighted by atomic mass is 10.0. The van der Waals surface area contributed by atoms with Crippen LogP contribution >= 0.6 is 0 Å². The second-order valence-corrected chi connectivity index (χ2v) is 17.7. The van der Waals surface area contributed by atoms with E-state index in [9.17, 15) is 28.8 Å². The number of hydrogen-bond donors (Lipinski definition) is 3. The van der Waals surface area contributed by atoms with Crippen molar-refractivity contribution in [1.82, 2.24) is 35.3 Å². The molecule has 1 atom stereocenters. The van der Waals surface area contributed by atoms with Crippen LogP contribution < -0.4 is 35.4 Å². The smallest absolute Gasteiger partial charge is 0.342 e. The van der Waals surface area contributed by atoms with E-state index in [0.717, 1.165) is 41.8 Å². The van der Waals surface area contributed by atoms with Crippen LogP contribution in [0.25, 0.3) is 0 Å². The number of rotatable bonds is 10. The maximum Gasteiger partial charge on any atom is 0.342 e. The van der Waals surface area contributed by atoms with Crippen LogP contribution in [0.5, 0.6) is 5.75 Å². The van der Waals surface area contributed by atoms with Crippen molar-refractivity contribution in [2.24, 2.45) is 0 Å². The van der Waals surface area contributed by atoms with Crippen LogP contribution in [0.2, 0.25) is 0 Å². The molecule has 344 valence electrons. The van der Waals surface area contributed by atoms with Crippen molar-refractivity contribution in [2.75, 3.05) is 86.5 Å². The van der Waals surface area contributed by atoms with E-state index >= 15 is 8.78 Å². The van der Waals surface area contributed by atoms with Crippen LogP contribution in [0.4, 0.5) is 37.6 Å². The summed E-state index contributed by atoms with van der Waals surface area (Å²) in [5.74, 6) is -5.42. The van der Waals surface area contributed by atoms with E-state index < -0.39 is 30.3 Å². The van der Waals surface area contributed by atoms with E-state index in [-0.39, 0.29) is 66.1 Å². The third-order valence-electron chi connectivity index (χ3n) is 13.7. The van der Waals surface area contributed by atoms with Crippen molar-refractivity contribution in [3.05, 3.63) is 59.3 Å². The van der Waals surface area contributed by atoms with E-state index in [0.29, 0.717) is 87.6 Å². The van der Waals surface area contributed by atoms with E-state index in [4.69, 9.17) is 4.74 Å². The Hall–Kier alpha value is -6.44. The number of piperazine rings is 1. The number of aromatic nitrogens is 2. The number of nitrogens with zero attached hydrogens (tertiary/aromatic N) is 8. The molecule has 4 fully saturated rings. The molecule has 2 aromatic carbocycles. The van der Waals surface area contributed by atoms with E-state index in [1.54, 1.807) is 29.2 Å². The quantitative estimate of drug-likeness (QED) is 0.252. The summed E-state index contributed by atoms with van der Waals surface area (Å²) in [6, 6.07) is 9.52. The van der Waals surface area contributed by atoms with Crippen molar-refractivity contribution in [1.29, 1.82) is 0 Å². The highest BCUT2D eigenvalue weighted by Crippen LogP contribution is 2.40. The Morgan fingerprint density at radius 1 is 0.923 bits per heavy atom. The van der Waals surface area contributed by atoms with Gasteiger partial charge in [-0.1, -0.05) is 18.9 Å². The standard InChI is InChI=1S/C45H53F2N11O7/c1-53-35-23-48-44(52-39(35)58(29-6-3-4-7-29)26-45(46,47)43(53)64)50-32-11-10-27(22-36(32)65-2)40(61)49-28-14-16-56(17-15-28)38(60)25-54-18-20-55(21-19-54)33-9-5-8-30-31(33)24-57(42(30)63)34-12-13-37(59)51-41(34)62/h5,8-11,22-23,28-29,34H,3-4,6-7,12-21,24-26H2,1-2H3,(H,49,61)(H,48,50,52)(H,51,59,62). The summed E-state index contributed by atoms with van der Waals surface area (Å²) < 4.78 is 35.7. The highest BCUT2D eigenvalue weighted by Gasteiger charge is 2.49. The number of alkyl halides is 2. The topological polar surface area (TPSA) is 193 Å². The third kappa shape index (κ3) is 8.74. The number of carbonyl (C=O) groups excluding carboxylic acids is 6. The molecule has 1 aromatic heterocycles. The maximum absolute atomic E-state index is 15.1. The van der Waals surface area contributed by atoms with Crippen molar-refractivity contribution >= 4 is 64.3 Å². The minimum absolute atomic E-state index is 0.0327. The summed E-state index contributed by atoms with van der Waals surface area (Å²) in [5, 5.41) is 8.56. The molecule has 18 nitrogen and oxygen atoms in total. The monoisotopic (exact) mass is 897 g/mol. The molecule has 5 aliphatic heterocycles. The average molecular weight is 898 g/mol. The number of ether oxygens (including phenoxy) is 1. The normalized spacial score (nSPS) is 21.8. The van der Waals surface area contributed by atoms with Gasteiger partial charge in [0.1, 0.15) is 17.5 Å². The molecule has 0 bridgehead atoms. The van der Waals surface area contributed by atoms with Gasteiger partial charge >= 0.3 is 5.92 Å². The lowest BCUT2D eigenvalue weighted by molar-refractivity contribution is -0.140. The highest BCUT2D eigenvalue weighted by atomic mass is 19.3. The summed E-state index contributed by atoms with van der Waals surface area (Å²) in [5.41, 5.74) is 3.41. The summed E-state index contributed by atoms with van der Waals surface area (Å²) in [4.78, 5) is 96.4. The van der Waals surface area contributed by atoms with Gasteiger partial charge in [0.25, 0.3) is 17.7 Å². The van der Waals surface area contributed by atoms with Gasteiger partial charge in [0.2, 0.25) is 23.7 Å². The molecule has 1 saturated carbocycles. The average Bonchev–Trinajstić information content (AvgIpc) is 3.95. The lowest BCUT2D eigenvalue weighted by Gasteiger charge is -2.38. The molecule has 6 heterocycles. The molecule has 9 rings (SSSR count). The molecule has 65 heavy (non-hydrogen) atoms. The largest absolute Gasteiger partial charge is 0.495 e. The van der Waals surface area contributed by atoms with E-state index in [1.165, 1.54) is 25.3 Å². The molecule has 1 aliphatic carbocycles. The Kier molecular flexibility index (Phi) is 12.0. The molecule has 6 aliphatic rings. The molecule has 0 radical (unpaired) electrons. The number of nitrogens with one attached hydrogen (secondary N) is 3. The van der Waals surface area contributed by atoms with Gasteiger partial charge in [-0.05, 0) is 62.4 Å². The SMILES string of the molecule is COc1cc(C(=O)NC2CCN(C(=O)CN3CCN(c4cccc5c4CN(C4CCC(=O)NC4=O)C5=O)CC3)CC2)ccc1Nc1ncc2c(n1)N(C1CCCC1)CC(F)(F)C(=O)N2C. The molecule has 1 unspecified atom stereocenters. The number of amides is 6. The highest BCUT2D eigenvalue weighted by molar-refractivity contribution is 6.06. The van der Waals surface area contributed by atoms with Crippen molar-refractivity contribution in [2.45, 2.75) is 82.0 Å². The molecule has 6 amide bonds. The number of methoxy groups -OCH3 is 1. The Labute approximate surface area is 374 Å². The van der Waals surface area contributed by atoms with Gasteiger partial charge in [-0.3, -0.25) is 39.0 Å². The minimum atomic E-state index is -3.59. The molecular weight excluding hydrogens is 845 g/mol. The second-order valence-electron chi connectivity index (χ2n) is 17.7. The van der Waals surface area contributed by atoms with Crippen LogP contribution in [0.15, 0.2) is 42.6 Å². The number of carbonyl (C=O) groups is 6. The fourth-order valence-corrected chi connectivity index (χ4v) is 10.0. The van der Waals surface area contributed by atoms with Gasteiger partial charge < -0.3 is 39.9 Å². The number of likely N-dealkylation sites (tertiary alicyclic amines) is 1. The van der Waals surface area contributed by atoms with Crippen LogP contribution in [0, 0.1) is 0 Å². The first-order valence-electron chi connectivity index (χ1n) is 22.3. The summed E-state index contributed by atoms with van der Waals surface area (Å²) in [6.07, 6.45) is 6.30. The van der Waals surface area contributed by atoms with Crippen LogP contribution in [-0.2, 0) is 25.7 Å². The number of imide groups is 1. The summed E-state index contributed by atoms with van der Waals surface area (Å²) in [6.45, 7) is 3.46. The zero-order chi connectivity index (χ0) is 45.6. The number of halogens is 2. The van der Waals surface area contributed by atoms with Gasteiger partial charge in [0, 0.05) is 93.7 Å². The van der Waals surface area contributed by atoms with Gasteiger partial charge in [0.05, 0.1) is 32.1 Å². The number of anilines is 5. The lowest BCUT2D eigenvalue weighted by Crippen LogP contribution is -2.52. The summed E-state index contributed by atoms with van der Waals surface area (Å²) in [7, 11) is 2.77. The number of fused-ring (bicyclic) bond motifs is 2. The molecule has 3 aromatic rings. The van der Waals surface area contributed by atoms with E-state index in [2.05, 4.69) is 35.7 Å². The zero-order valence-electron chi connectivity index (χ0n) is 36.5. The Morgan fingerprint density at radius 2 is 1.68 bits per heavy atom. The van der Waals surface area contributed by atoms with Gasteiger partial charge in [-0.2, -0.15) is 13.8 Å². The first-order valence-corrected chi connectivity index (χ1v) is 22.3. The molecule has 0 spiro atoms. The Balaban J connectivity index is 0.758. The first-order chi connectivity index (χ1) is 31.3. The third-order valence-corrected chi connectivity index (χ3v) is 13.7. The number of piperidine rings is 2. The van der Waals surface area contributed by atoms with Crippen LogP contribution in [0.3, 0.4) is 0 Å². The number of benzene rings is 2.